The van der Waals surface area contributed by atoms with Crippen LogP contribution in [0.1, 0.15) is 35.3 Å². The molecule has 1 heterocycles. The van der Waals surface area contributed by atoms with Gasteiger partial charge >= 0.3 is 5.97 Å². The molecular formula is C27H24N4O3S. The number of anilines is 2. The van der Waals surface area contributed by atoms with Crippen LogP contribution in [-0.2, 0) is 11.3 Å². The summed E-state index contributed by atoms with van der Waals surface area (Å²) in [5.74, 6) is -1.44. The fraction of sp³-hybridized carbons (Fsp3) is 0.185. The quantitative estimate of drug-likeness (QED) is 0.418. The van der Waals surface area contributed by atoms with Gasteiger partial charge in [-0.25, -0.2) is 4.79 Å². The highest BCUT2D eigenvalue weighted by Crippen LogP contribution is 2.31. The molecule has 0 spiro atoms. The number of hydrogen-bond donors (Lipinski definition) is 3. The van der Waals surface area contributed by atoms with Crippen molar-refractivity contribution in [2.75, 3.05) is 10.6 Å². The van der Waals surface area contributed by atoms with Gasteiger partial charge in [0.05, 0.1) is 11.6 Å². The number of nitriles is 1. The Bertz CT molecular complexity index is 1350. The number of nitrogens with zero attached hydrogens (tertiary/aromatic N) is 2. The van der Waals surface area contributed by atoms with Crippen LogP contribution in [0, 0.1) is 17.2 Å². The first kappa shape index (κ1) is 23.9. The van der Waals surface area contributed by atoms with Crippen molar-refractivity contribution >= 4 is 40.6 Å². The van der Waals surface area contributed by atoms with E-state index in [0.717, 1.165) is 28.1 Å². The Morgan fingerprint density at radius 2 is 1.71 bits per heavy atom. The fourth-order valence-corrected chi connectivity index (χ4v) is 4.45. The molecule has 7 nitrogen and oxygen atoms in total. The minimum atomic E-state index is -0.991. The van der Waals surface area contributed by atoms with E-state index in [1.54, 1.807) is 32.0 Å². The zero-order chi connectivity index (χ0) is 25.1. The van der Waals surface area contributed by atoms with E-state index in [2.05, 4.69) is 16.7 Å². The molecule has 1 atom stereocenters. The highest BCUT2D eigenvalue weighted by Gasteiger charge is 2.38. The molecule has 0 aliphatic carbocycles. The van der Waals surface area contributed by atoms with E-state index in [-0.39, 0.29) is 11.8 Å². The highest BCUT2D eigenvalue weighted by atomic mass is 32.1. The number of aliphatic carboxylic acids is 1. The summed E-state index contributed by atoms with van der Waals surface area (Å²) in [4.78, 5) is 26.2. The van der Waals surface area contributed by atoms with Gasteiger partial charge in [0, 0.05) is 23.5 Å². The number of carboxylic acid groups (broad SMARTS) is 1. The molecule has 1 aliphatic heterocycles. The predicted octanol–water partition coefficient (Wildman–Crippen LogP) is 5.10. The van der Waals surface area contributed by atoms with Crippen LogP contribution in [0.15, 0.2) is 66.7 Å². The lowest BCUT2D eigenvalue weighted by atomic mass is 10.00. The molecule has 35 heavy (non-hydrogen) atoms. The third-order valence-electron chi connectivity index (χ3n) is 5.89. The van der Waals surface area contributed by atoms with Gasteiger partial charge < -0.3 is 20.6 Å². The van der Waals surface area contributed by atoms with Crippen molar-refractivity contribution in [1.82, 2.24) is 4.90 Å². The summed E-state index contributed by atoms with van der Waals surface area (Å²) < 4.78 is 0. The number of benzene rings is 3. The van der Waals surface area contributed by atoms with E-state index in [9.17, 15) is 14.7 Å². The van der Waals surface area contributed by atoms with Crippen LogP contribution in [0.2, 0.25) is 0 Å². The van der Waals surface area contributed by atoms with Gasteiger partial charge in [-0.05, 0) is 71.2 Å². The van der Waals surface area contributed by atoms with Gasteiger partial charge in [0.15, 0.2) is 5.11 Å². The van der Waals surface area contributed by atoms with Gasteiger partial charge in [-0.15, -0.1) is 0 Å². The maximum atomic E-state index is 13.0. The number of rotatable bonds is 6. The van der Waals surface area contributed by atoms with Crippen molar-refractivity contribution in [3.05, 3.63) is 83.4 Å². The van der Waals surface area contributed by atoms with Crippen molar-refractivity contribution < 1.29 is 14.7 Å². The highest BCUT2D eigenvalue weighted by molar-refractivity contribution is 7.80. The largest absolute Gasteiger partial charge is 0.480 e. The van der Waals surface area contributed by atoms with Crippen molar-refractivity contribution in [1.29, 1.82) is 5.26 Å². The van der Waals surface area contributed by atoms with Crippen LogP contribution in [0.25, 0.3) is 11.1 Å². The molecule has 3 N–H and O–H groups in total. The molecular weight excluding hydrogens is 460 g/mol. The Morgan fingerprint density at radius 1 is 1.03 bits per heavy atom. The topological polar surface area (TPSA) is 105 Å². The fourth-order valence-electron chi connectivity index (χ4n) is 4.21. The summed E-state index contributed by atoms with van der Waals surface area (Å²) in [6.07, 6.45) is 0. The summed E-state index contributed by atoms with van der Waals surface area (Å²) >= 11 is 5.37. The van der Waals surface area contributed by atoms with Gasteiger partial charge in [-0.2, -0.15) is 5.26 Å². The lowest BCUT2D eigenvalue weighted by Crippen LogP contribution is -2.44. The number of carboxylic acids is 1. The zero-order valence-electron chi connectivity index (χ0n) is 19.3. The first-order chi connectivity index (χ1) is 16.8. The lowest BCUT2D eigenvalue weighted by molar-refractivity contribution is -0.144. The Balaban J connectivity index is 1.46. The van der Waals surface area contributed by atoms with Crippen molar-refractivity contribution in [3.63, 3.8) is 0 Å². The van der Waals surface area contributed by atoms with E-state index in [4.69, 9.17) is 17.5 Å². The number of amides is 1. The Hall–Kier alpha value is -4.22. The lowest BCUT2D eigenvalue weighted by Gasteiger charge is -2.27. The Kier molecular flexibility index (Phi) is 6.80. The molecule has 0 aromatic heterocycles. The first-order valence-electron chi connectivity index (χ1n) is 11.1. The molecule has 0 saturated heterocycles. The molecule has 0 bridgehead atoms. The zero-order valence-corrected chi connectivity index (χ0v) is 20.1. The van der Waals surface area contributed by atoms with Gasteiger partial charge in [-0.1, -0.05) is 44.2 Å². The van der Waals surface area contributed by atoms with E-state index in [1.807, 2.05) is 48.5 Å². The maximum absolute atomic E-state index is 13.0. The molecule has 8 heteroatoms. The van der Waals surface area contributed by atoms with E-state index in [1.165, 1.54) is 4.90 Å². The molecule has 1 amide bonds. The number of fused-ring (bicyclic) bond motifs is 1. The average Bonchev–Trinajstić information content (AvgIpc) is 3.14. The van der Waals surface area contributed by atoms with E-state index in [0.29, 0.717) is 22.8 Å². The van der Waals surface area contributed by atoms with E-state index >= 15 is 0 Å². The number of hydrogen-bond acceptors (Lipinski definition) is 4. The summed E-state index contributed by atoms with van der Waals surface area (Å²) in [6.45, 7) is 3.91. The van der Waals surface area contributed by atoms with Crippen LogP contribution in [0.3, 0.4) is 0 Å². The van der Waals surface area contributed by atoms with Crippen LogP contribution in [-0.4, -0.2) is 33.0 Å². The molecule has 1 aliphatic rings. The second-order valence-electron chi connectivity index (χ2n) is 8.68. The molecule has 176 valence electrons. The molecule has 0 fully saturated rings. The SMILES string of the molecule is CC(C)C(C(=O)O)N1Cc2ccc(-c3ccc(NC(=S)Nc4cccc(C#N)c4)cc3)cc2C1=O. The number of carbonyl (C=O) groups is 2. The molecule has 1 unspecified atom stereocenters. The number of nitrogens with one attached hydrogen (secondary N) is 2. The second kappa shape index (κ2) is 9.95. The second-order valence-corrected chi connectivity index (χ2v) is 9.09. The third-order valence-corrected chi connectivity index (χ3v) is 6.09. The molecule has 0 radical (unpaired) electrons. The first-order valence-corrected chi connectivity index (χ1v) is 11.5. The van der Waals surface area contributed by atoms with Crippen LogP contribution >= 0.6 is 12.2 Å². The van der Waals surface area contributed by atoms with Gasteiger partial charge in [0.25, 0.3) is 5.91 Å². The smallest absolute Gasteiger partial charge is 0.326 e. The predicted molar refractivity (Wildman–Crippen MR) is 139 cm³/mol. The number of thiocarbonyl (C=S) groups is 1. The minimum absolute atomic E-state index is 0.193. The van der Waals surface area contributed by atoms with Gasteiger partial charge in [0.2, 0.25) is 0 Å². The molecule has 4 rings (SSSR count). The van der Waals surface area contributed by atoms with Crippen molar-refractivity contribution in [3.8, 4) is 17.2 Å². The number of carbonyl (C=O) groups excluding carboxylic acids is 1. The minimum Gasteiger partial charge on any atom is -0.480 e. The summed E-state index contributed by atoms with van der Waals surface area (Å²) in [5.41, 5.74) is 5.22. The van der Waals surface area contributed by atoms with Crippen LogP contribution in [0.5, 0.6) is 0 Å². The molecule has 0 saturated carbocycles. The van der Waals surface area contributed by atoms with Crippen molar-refractivity contribution in [2.45, 2.75) is 26.4 Å². The third kappa shape index (κ3) is 5.15. The molecule has 3 aromatic rings. The van der Waals surface area contributed by atoms with Crippen LogP contribution < -0.4 is 10.6 Å². The van der Waals surface area contributed by atoms with E-state index < -0.39 is 12.0 Å². The van der Waals surface area contributed by atoms with Crippen LogP contribution in [0.4, 0.5) is 11.4 Å². The average molecular weight is 485 g/mol. The Morgan fingerprint density at radius 3 is 2.37 bits per heavy atom. The summed E-state index contributed by atoms with van der Waals surface area (Å²) in [5, 5.41) is 25.2. The monoisotopic (exact) mass is 484 g/mol. The summed E-state index contributed by atoms with van der Waals surface area (Å²) in [6, 6.07) is 21.6. The maximum Gasteiger partial charge on any atom is 0.326 e. The molecule has 3 aromatic carbocycles. The van der Waals surface area contributed by atoms with Crippen molar-refractivity contribution in [2.24, 2.45) is 5.92 Å². The summed E-state index contributed by atoms with van der Waals surface area (Å²) in [7, 11) is 0. The van der Waals surface area contributed by atoms with Gasteiger partial charge in [0.1, 0.15) is 6.04 Å². The Labute approximate surface area is 209 Å². The normalized spacial score (nSPS) is 13.2. The van der Waals surface area contributed by atoms with Gasteiger partial charge in [-0.3, -0.25) is 4.79 Å². The standard InChI is InChI=1S/C27H24N4O3S/c1-16(2)24(26(33)34)31-15-20-7-6-19(13-23(20)25(31)32)18-8-10-21(11-9-18)29-27(35)30-22-5-3-4-17(12-22)14-28/h3-13,16,24H,15H2,1-2H3,(H,33,34)(H2,29,30,35).